The third-order valence-corrected chi connectivity index (χ3v) is 0.752. The van der Waals surface area contributed by atoms with E-state index in [0.29, 0.717) is 0 Å². The highest BCUT2D eigenvalue weighted by Crippen LogP contribution is 1.90. The maximum atomic E-state index is 3.59. The van der Waals surface area contributed by atoms with Crippen molar-refractivity contribution in [2.24, 2.45) is 0 Å². The van der Waals surface area contributed by atoms with Crippen molar-refractivity contribution < 1.29 is 0 Å². The van der Waals surface area contributed by atoms with E-state index in [-0.39, 0.29) is 0 Å². The van der Waals surface area contributed by atoms with Crippen molar-refractivity contribution in [2.75, 3.05) is 0 Å². The summed E-state index contributed by atoms with van der Waals surface area (Å²) < 4.78 is 0. The topological polar surface area (TPSA) is 0 Å². The van der Waals surface area contributed by atoms with Crippen LogP contribution in [0, 0.1) is 6.92 Å². The van der Waals surface area contributed by atoms with Gasteiger partial charge in [-0.3, -0.25) is 0 Å². The molecule has 0 aromatic heterocycles. The Hall–Kier alpha value is -0.520. The van der Waals surface area contributed by atoms with Gasteiger partial charge in [0.05, 0.1) is 0 Å². The van der Waals surface area contributed by atoms with Crippen molar-refractivity contribution >= 4 is 0 Å². The van der Waals surface area contributed by atoms with Gasteiger partial charge in [-0.25, -0.2) is 0 Å². The molecule has 0 saturated heterocycles. The lowest BCUT2D eigenvalue weighted by Gasteiger charge is -1.81. The molecular formula is C7H11. The molecule has 1 radical (unpaired) electrons. The Labute approximate surface area is 45.5 Å². The third kappa shape index (κ3) is 3.31. The molecule has 0 N–H and O–H groups in total. The van der Waals surface area contributed by atoms with Gasteiger partial charge in [0, 0.05) is 0 Å². The van der Waals surface area contributed by atoms with Crippen molar-refractivity contribution in [3.8, 4) is 0 Å². The van der Waals surface area contributed by atoms with E-state index < -0.39 is 0 Å². The SMILES string of the molecule is [CH2]/C=C(C)/C=C/C. The van der Waals surface area contributed by atoms with Gasteiger partial charge in [0.1, 0.15) is 0 Å². The van der Waals surface area contributed by atoms with Crippen LogP contribution in [-0.2, 0) is 0 Å². The van der Waals surface area contributed by atoms with Crippen LogP contribution in [0.5, 0.6) is 0 Å². The van der Waals surface area contributed by atoms with Crippen LogP contribution < -0.4 is 0 Å². The van der Waals surface area contributed by atoms with Crippen LogP contribution in [0.4, 0.5) is 0 Å². The molecule has 0 fully saturated rings. The number of hydrogen-bond donors (Lipinski definition) is 0. The maximum absolute atomic E-state index is 3.59. The summed E-state index contributed by atoms with van der Waals surface area (Å²) in [6.45, 7) is 7.60. The fraction of sp³-hybridized carbons (Fsp3) is 0.286. The molecule has 7 heavy (non-hydrogen) atoms. The van der Waals surface area contributed by atoms with Crippen LogP contribution in [0.15, 0.2) is 23.8 Å². The predicted octanol–water partition coefficient (Wildman–Crippen LogP) is 2.34. The first kappa shape index (κ1) is 6.48. The zero-order chi connectivity index (χ0) is 5.70. The van der Waals surface area contributed by atoms with Crippen molar-refractivity contribution in [3.63, 3.8) is 0 Å². The normalized spacial score (nSPS) is 13.3. The predicted molar refractivity (Wildman–Crippen MR) is 33.9 cm³/mol. The molecule has 0 aromatic rings. The van der Waals surface area contributed by atoms with Gasteiger partial charge >= 0.3 is 0 Å². The molecule has 0 aliphatic rings. The summed E-state index contributed by atoms with van der Waals surface area (Å²) in [6.07, 6.45) is 5.85. The lowest BCUT2D eigenvalue weighted by atomic mass is 10.3. The first-order chi connectivity index (χ1) is 3.31. The molecule has 0 heteroatoms. The number of hydrogen-bond acceptors (Lipinski definition) is 0. The summed E-state index contributed by atoms with van der Waals surface area (Å²) in [7, 11) is 0. The van der Waals surface area contributed by atoms with Gasteiger partial charge in [-0.15, -0.1) is 0 Å². The highest BCUT2D eigenvalue weighted by molar-refractivity contribution is 5.15. The van der Waals surface area contributed by atoms with Crippen molar-refractivity contribution in [1.82, 2.24) is 0 Å². The van der Waals surface area contributed by atoms with E-state index in [9.17, 15) is 0 Å². The van der Waals surface area contributed by atoms with Crippen LogP contribution in [0.2, 0.25) is 0 Å². The van der Waals surface area contributed by atoms with E-state index in [2.05, 4.69) is 6.92 Å². The molecule has 0 aliphatic carbocycles. The van der Waals surface area contributed by atoms with Gasteiger partial charge in [-0.1, -0.05) is 23.8 Å². The summed E-state index contributed by atoms with van der Waals surface area (Å²) in [6, 6.07) is 0. The molecule has 0 saturated carbocycles. The van der Waals surface area contributed by atoms with Crippen molar-refractivity contribution in [1.29, 1.82) is 0 Å². The molecule has 0 unspecified atom stereocenters. The zero-order valence-electron chi connectivity index (χ0n) is 4.94. The van der Waals surface area contributed by atoms with Gasteiger partial charge in [-0.2, -0.15) is 0 Å². The Bertz CT molecular complexity index is 86.2. The van der Waals surface area contributed by atoms with E-state index in [1.54, 1.807) is 0 Å². The Kier molecular flexibility index (Phi) is 3.39. The van der Waals surface area contributed by atoms with Crippen LogP contribution in [0.3, 0.4) is 0 Å². The quantitative estimate of drug-likeness (QED) is 0.438. The molecule has 0 rings (SSSR count). The van der Waals surface area contributed by atoms with Crippen LogP contribution >= 0.6 is 0 Å². The Morgan fingerprint density at radius 3 is 2.29 bits per heavy atom. The first-order valence-electron chi connectivity index (χ1n) is 2.40. The van der Waals surface area contributed by atoms with Crippen LogP contribution in [0.1, 0.15) is 13.8 Å². The van der Waals surface area contributed by atoms with E-state index in [1.807, 2.05) is 32.1 Å². The fourth-order valence-electron chi connectivity index (χ4n) is 0.331. The molecule has 0 nitrogen and oxygen atoms in total. The van der Waals surface area contributed by atoms with Crippen LogP contribution in [-0.4, -0.2) is 0 Å². The smallest absolute Gasteiger partial charge is 0.0310 e. The second-order valence-electron chi connectivity index (χ2n) is 1.45. The molecular weight excluding hydrogens is 84.1 g/mol. The zero-order valence-corrected chi connectivity index (χ0v) is 4.94. The van der Waals surface area contributed by atoms with Gasteiger partial charge < -0.3 is 0 Å². The van der Waals surface area contributed by atoms with E-state index >= 15 is 0 Å². The summed E-state index contributed by atoms with van der Waals surface area (Å²) in [4.78, 5) is 0. The first-order valence-corrected chi connectivity index (χ1v) is 2.40. The molecule has 0 aromatic carbocycles. The maximum Gasteiger partial charge on any atom is -0.0310 e. The Morgan fingerprint density at radius 2 is 2.14 bits per heavy atom. The Morgan fingerprint density at radius 1 is 1.57 bits per heavy atom. The standard InChI is InChI=1S/C7H11/c1-4-6-7(3)5-2/h4-6H,2H2,1,3H3/b6-4+,7-5+. The van der Waals surface area contributed by atoms with Crippen molar-refractivity contribution in [3.05, 3.63) is 30.7 Å². The lowest BCUT2D eigenvalue weighted by molar-refractivity contribution is 1.50. The fourth-order valence-corrected chi connectivity index (χ4v) is 0.331. The van der Waals surface area contributed by atoms with Gasteiger partial charge in [0.25, 0.3) is 0 Å². The average Bonchev–Trinajstić information content (AvgIpc) is 1.68. The largest absolute Gasteiger partial charge is 0.0874 e. The van der Waals surface area contributed by atoms with Crippen LogP contribution in [0.25, 0.3) is 0 Å². The lowest BCUT2D eigenvalue weighted by Crippen LogP contribution is -1.60. The highest BCUT2D eigenvalue weighted by atomic mass is 13.8. The second-order valence-corrected chi connectivity index (χ2v) is 1.45. The molecule has 0 bridgehead atoms. The highest BCUT2D eigenvalue weighted by Gasteiger charge is 1.69. The number of allylic oxidation sites excluding steroid dienone is 4. The van der Waals surface area contributed by atoms with E-state index in [4.69, 9.17) is 0 Å². The minimum Gasteiger partial charge on any atom is -0.0874 e. The molecule has 0 aliphatic heterocycles. The molecule has 0 heterocycles. The van der Waals surface area contributed by atoms with Gasteiger partial charge in [-0.05, 0) is 20.8 Å². The summed E-state index contributed by atoms with van der Waals surface area (Å²) in [5.74, 6) is 0. The molecule has 39 valence electrons. The van der Waals surface area contributed by atoms with Crippen molar-refractivity contribution in [2.45, 2.75) is 13.8 Å². The summed E-state index contributed by atoms with van der Waals surface area (Å²) in [5, 5.41) is 0. The minimum atomic E-state index is 1.21. The minimum absolute atomic E-state index is 1.21. The average molecular weight is 95.2 g/mol. The summed E-state index contributed by atoms with van der Waals surface area (Å²) >= 11 is 0. The monoisotopic (exact) mass is 95.1 g/mol. The third-order valence-electron chi connectivity index (χ3n) is 0.752. The molecule has 0 spiro atoms. The van der Waals surface area contributed by atoms with Gasteiger partial charge in [0.2, 0.25) is 0 Å². The van der Waals surface area contributed by atoms with E-state index in [0.717, 1.165) is 0 Å². The van der Waals surface area contributed by atoms with Gasteiger partial charge in [0.15, 0.2) is 0 Å². The number of rotatable bonds is 1. The second kappa shape index (κ2) is 3.66. The molecule has 0 amide bonds. The van der Waals surface area contributed by atoms with E-state index in [1.165, 1.54) is 5.57 Å². The Balaban J connectivity index is 3.58. The summed E-state index contributed by atoms with van der Waals surface area (Å²) in [5.41, 5.74) is 1.21. The molecule has 0 atom stereocenters.